The average Bonchev–Trinajstić information content (AvgIpc) is 2.03. The number of carbonyl (C=O) groups excluding carboxylic acids is 1. The van der Waals surface area contributed by atoms with Crippen LogP contribution >= 0.6 is 19.4 Å². The Morgan fingerprint density at radius 1 is 1.45 bits per heavy atom. The molecule has 0 spiro atoms. The third kappa shape index (κ3) is 2.95. The molecule has 0 atom stereocenters. The Morgan fingerprint density at radius 2 is 1.91 bits per heavy atom. The van der Waals surface area contributed by atoms with Gasteiger partial charge in [-0.25, -0.2) is 0 Å². The first-order valence-electron chi connectivity index (χ1n) is 2.99. The van der Waals surface area contributed by atoms with Crippen LogP contribution in [0.25, 0.3) is 0 Å². The fourth-order valence-corrected chi connectivity index (χ4v) is 2.59. The highest BCUT2D eigenvalue weighted by Gasteiger charge is 2.31. The predicted molar refractivity (Wildman–Crippen MR) is 45.2 cm³/mol. The van der Waals surface area contributed by atoms with Crippen molar-refractivity contribution in [3.8, 4) is 0 Å². The Balaban J connectivity index is 4.26. The van der Waals surface area contributed by atoms with E-state index in [1.165, 1.54) is 14.2 Å². The van der Waals surface area contributed by atoms with E-state index in [4.69, 9.17) is 0 Å². The zero-order chi connectivity index (χ0) is 8.91. The van der Waals surface area contributed by atoms with Crippen LogP contribution in [0.3, 0.4) is 0 Å². The normalized spacial score (nSPS) is 11.5. The SMILES string of the molecule is CCSC(=O)P(=O)(OC)OC. The Bertz CT molecular complexity index is 173. The highest BCUT2D eigenvalue weighted by Crippen LogP contribution is 2.51. The molecule has 0 aliphatic carbocycles. The van der Waals surface area contributed by atoms with Crippen LogP contribution in [0.15, 0.2) is 0 Å². The summed E-state index contributed by atoms with van der Waals surface area (Å²) in [6, 6.07) is 0. The lowest BCUT2D eigenvalue weighted by molar-refractivity contribution is 0.248. The average molecular weight is 198 g/mol. The van der Waals surface area contributed by atoms with Gasteiger partial charge in [0.05, 0.1) is 0 Å². The monoisotopic (exact) mass is 198 g/mol. The second-order valence-corrected chi connectivity index (χ2v) is 5.23. The minimum atomic E-state index is -3.46. The molecule has 0 aliphatic rings. The van der Waals surface area contributed by atoms with E-state index in [-0.39, 0.29) is 0 Å². The van der Waals surface area contributed by atoms with E-state index in [9.17, 15) is 9.36 Å². The van der Waals surface area contributed by atoms with Crippen LogP contribution in [0.1, 0.15) is 6.92 Å². The van der Waals surface area contributed by atoms with Gasteiger partial charge in [0.1, 0.15) is 0 Å². The van der Waals surface area contributed by atoms with E-state index < -0.39 is 12.5 Å². The molecule has 0 saturated heterocycles. The van der Waals surface area contributed by atoms with Crippen molar-refractivity contribution in [1.82, 2.24) is 0 Å². The summed E-state index contributed by atoms with van der Waals surface area (Å²) in [5, 5.41) is 0. The Hall–Kier alpha value is 0.170. The third-order valence-corrected chi connectivity index (χ3v) is 3.97. The van der Waals surface area contributed by atoms with Crippen molar-refractivity contribution in [2.75, 3.05) is 20.0 Å². The van der Waals surface area contributed by atoms with E-state index in [0.717, 1.165) is 11.8 Å². The second-order valence-electron chi connectivity index (χ2n) is 1.56. The summed E-state index contributed by atoms with van der Waals surface area (Å²) >= 11 is 0.935. The minimum Gasteiger partial charge on any atom is -0.306 e. The molecule has 0 saturated carbocycles. The van der Waals surface area contributed by atoms with Gasteiger partial charge in [-0.15, -0.1) is 0 Å². The molecule has 0 aromatic carbocycles. The van der Waals surface area contributed by atoms with Gasteiger partial charge >= 0.3 is 12.5 Å². The van der Waals surface area contributed by atoms with Gasteiger partial charge in [-0.1, -0.05) is 18.7 Å². The fourth-order valence-electron chi connectivity index (χ4n) is 0.426. The minimum absolute atomic E-state index is 0.537. The van der Waals surface area contributed by atoms with Crippen LogP contribution in [-0.2, 0) is 13.6 Å². The highest BCUT2D eigenvalue weighted by atomic mass is 32.2. The van der Waals surface area contributed by atoms with E-state index in [2.05, 4.69) is 9.05 Å². The van der Waals surface area contributed by atoms with E-state index in [0.29, 0.717) is 5.75 Å². The van der Waals surface area contributed by atoms with E-state index in [1.807, 2.05) is 0 Å². The lowest BCUT2D eigenvalue weighted by Crippen LogP contribution is -1.97. The number of hydrogen-bond acceptors (Lipinski definition) is 5. The standard InChI is InChI=1S/C5H11O4PS/c1-4-11-5(6)10(7,8-2)9-3/h4H2,1-3H3. The van der Waals surface area contributed by atoms with Crippen molar-refractivity contribution >= 4 is 24.2 Å². The van der Waals surface area contributed by atoms with Crippen LogP contribution < -0.4 is 0 Å². The van der Waals surface area contributed by atoms with Crippen molar-refractivity contribution < 1.29 is 18.4 Å². The van der Waals surface area contributed by atoms with Crippen molar-refractivity contribution in [2.45, 2.75) is 6.92 Å². The maximum absolute atomic E-state index is 11.2. The van der Waals surface area contributed by atoms with Crippen molar-refractivity contribution in [1.29, 1.82) is 0 Å². The number of thioether (sulfide) groups is 1. The van der Waals surface area contributed by atoms with E-state index in [1.54, 1.807) is 6.92 Å². The summed E-state index contributed by atoms with van der Waals surface area (Å²) in [4.78, 5) is 10.4. The third-order valence-electron chi connectivity index (χ3n) is 0.972. The molecule has 6 heteroatoms. The lowest BCUT2D eigenvalue weighted by atomic mass is 11.0. The fraction of sp³-hybridized carbons (Fsp3) is 0.800. The maximum atomic E-state index is 11.2. The van der Waals surface area contributed by atoms with Crippen LogP contribution in [0.4, 0.5) is 4.79 Å². The quantitative estimate of drug-likeness (QED) is 0.649. The van der Waals surface area contributed by atoms with Crippen LogP contribution in [0.5, 0.6) is 0 Å². The molecule has 0 radical (unpaired) electrons. The van der Waals surface area contributed by atoms with Gasteiger partial charge in [-0.3, -0.25) is 9.36 Å². The number of hydrogen-bond donors (Lipinski definition) is 0. The van der Waals surface area contributed by atoms with Crippen molar-refractivity contribution in [3.63, 3.8) is 0 Å². The first-order chi connectivity index (χ1) is 5.10. The molecular weight excluding hydrogens is 187 g/mol. The number of carbonyl (C=O) groups is 1. The largest absolute Gasteiger partial charge is 0.407 e. The van der Waals surface area contributed by atoms with Gasteiger partial charge < -0.3 is 9.05 Å². The zero-order valence-corrected chi connectivity index (χ0v) is 8.41. The molecule has 66 valence electrons. The van der Waals surface area contributed by atoms with Gasteiger partial charge in [0.2, 0.25) is 0 Å². The Kier molecular flexibility index (Phi) is 5.01. The summed E-state index contributed by atoms with van der Waals surface area (Å²) in [5.41, 5.74) is 0. The zero-order valence-electron chi connectivity index (χ0n) is 6.70. The molecule has 0 unspecified atom stereocenters. The van der Waals surface area contributed by atoms with Crippen LogP contribution in [0, 0.1) is 0 Å². The van der Waals surface area contributed by atoms with Gasteiger partial charge in [-0.2, -0.15) is 0 Å². The van der Waals surface area contributed by atoms with Gasteiger partial charge in [0, 0.05) is 14.2 Å². The molecule has 0 aromatic rings. The molecule has 0 bridgehead atoms. The summed E-state index contributed by atoms with van der Waals surface area (Å²) in [7, 11) is -1.08. The molecule has 0 heterocycles. The molecule has 0 aliphatic heterocycles. The summed E-state index contributed by atoms with van der Waals surface area (Å²) in [6.07, 6.45) is 0. The van der Waals surface area contributed by atoms with Crippen molar-refractivity contribution in [2.24, 2.45) is 0 Å². The molecule has 0 amide bonds. The summed E-state index contributed by atoms with van der Waals surface area (Å²) in [5.74, 6) is 0.565. The Morgan fingerprint density at radius 3 is 2.18 bits per heavy atom. The molecular formula is C5H11O4PS. The molecule has 0 rings (SSSR count). The second kappa shape index (κ2) is 4.93. The Labute approximate surface area is 70.2 Å². The molecule has 0 fully saturated rings. The van der Waals surface area contributed by atoms with Gasteiger partial charge in [0.15, 0.2) is 0 Å². The highest BCUT2D eigenvalue weighted by molar-refractivity contribution is 8.25. The maximum Gasteiger partial charge on any atom is 0.407 e. The molecule has 4 nitrogen and oxygen atoms in total. The van der Waals surface area contributed by atoms with Crippen LogP contribution in [-0.4, -0.2) is 24.8 Å². The number of rotatable bonds is 4. The van der Waals surface area contributed by atoms with E-state index >= 15 is 0 Å². The smallest absolute Gasteiger partial charge is 0.306 e. The first-order valence-corrected chi connectivity index (χ1v) is 5.52. The topological polar surface area (TPSA) is 52.6 Å². The van der Waals surface area contributed by atoms with Crippen LogP contribution in [0.2, 0.25) is 0 Å². The van der Waals surface area contributed by atoms with Crippen molar-refractivity contribution in [3.05, 3.63) is 0 Å². The molecule has 11 heavy (non-hydrogen) atoms. The van der Waals surface area contributed by atoms with Gasteiger partial charge in [-0.05, 0) is 5.75 Å². The summed E-state index contributed by atoms with van der Waals surface area (Å²) in [6.45, 7) is 1.79. The lowest BCUT2D eigenvalue weighted by Gasteiger charge is -2.09. The molecule has 0 N–H and O–H groups in total. The predicted octanol–water partition coefficient (Wildman–Crippen LogP) is 2.35. The van der Waals surface area contributed by atoms with Gasteiger partial charge in [0.25, 0.3) is 0 Å². The molecule has 0 aromatic heterocycles. The first kappa shape index (κ1) is 11.2. The summed E-state index contributed by atoms with van der Waals surface area (Å²) < 4.78 is 20.2.